The van der Waals surface area contributed by atoms with E-state index in [0.29, 0.717) is 6.42 Å². The molecule has 0 amide bonds. The van der Waals surface area contributed by atoms with E-state index in [-0.39, 0.29) is 17.6 Å². The van der Waals surface area contributed by atoms with Gasteiger partial charge in [-0.1, -0.05) is 62.4 Å². The number of carboxylic acids is 1. The van der Waals surface area contributed by atoms with Crippen LogP contribution in [0.15, 0.2) is 73.1 Å². The van der Waals surface area contributed by atoms with Gasteiger partial charge in [-0.05, 0) is 54.8 Å². The van der Waals surface area contributed by atoms with Crippen molar-refractivity contribution in [3.05, 3.63) is 84.5 Å². The first kappa shape index (κ1) is 20.4. The number of hydrogen-bond donors (Lipinski definition) is 1. The maximum atomic E-state index is 13.3. The van der Waals surface area contributed by atoms with Gasteiger partial charge in [0.1, 0.15) is 11.5 Å². The van der Waals surface area contributed by atoms with Crippen LogP contribution in [0, 0.1) is 5.82 Å². The molecule has 0 heterocycles. The Morgan fingerprint density at radius 1 is 1.22 bits per heavy atom. The van der Waals surface area contributed by atoms with Crippen molar-refractivity contribution in [3.63, 3.8) is 0 Å². The molecule has 4 heteroatoms. The number of allylic oxidation sites excluding steroid dienone is 1. The largest absolute Gasteiger partial charge is 0.477 e. The average Bonchev–Trinajstić information content (AvgIpc) is 2.67. The van der Waals surface area contributed by atoms with Crippen molar-refractivity contribution < 1.29 is 14.3 Å². The molecule has 1 atom stereocenters. The Labute approximate surface area is 160 Å². The zero-order valence-corrected chi connectivity index (χ0v) is 15.9. The van der Waals surface area contributed by atoms with Crippen molar-refractivity contribution in [2.75, 3.05) is 0 Å². The molecule has 142 valence electrons. The Balaban J connectivity index is 2.44. The summed E-state index contributed by atoms with van der Waals surface area (Å²) in [5.74, 6) is -1.26. The smallest absolute Gasteiger partial charge is 0.352 e. The molecule has 0 spiro atoms. The standard InChI is InChI=1S/C23H26FNO2/c1-4-6-7-12-22(23(26)27)25(5-2)17(3)20-10-8-9-11-21(20)18-13-15-19(24)16-14-18/h5,8-17H,2,4,6-7H2,1,3H3,(H,26,27). The second-order valence-electron chi connectivity index (χ2n) is 6.40. The number of hydrogen-bond acceptors (Lipinski definition) is 2. The summed E-state index contributed by atoms with van der Waals surface area (Å²) >= 11 is 0. The van der Waals surface area contributed by atoms with Gasteiger partial charge in [0.2, 0.25) is 0 Å². The third kappa shape index (κ3) is 5.07. The molecule has 2 rings (SSSR count). The Kier molecular flexibility index (Phi) is 7.35. The summed E-state index contributed by atoms with van der Waals surface area (Å²) in [5.41, 5.74) is 3.00. The van der Waals surface area contributed by atoms with Gasteiger partial charge in [-0.3, -0.25) is 0 Å². The number of rotatable bonds is 9. The van der Waals surface area contributed by atoms with Gasteiger partial charge in [-0.15, -0.1) is 0 Å². The lowest BCUT2D eigenvalue weighted by atomic mass is 9.94. The van der Waals surface area contributed by atoms with E-state index >= 15 is 0 Å². The van der Waals surface area contributed by atoms with Crippen LogP contribution >= 0.6 is 0 Å². The van der Waals surface area contributed by atoms with Crippen LogP contribution in [-0.4, -0.2) is 16.0 Å². The Bertz CT molecular complexity index is 811. The Morgan fingerprint density at radius 3 is 2.48 bits per heavy atom. The van der Waals surface area contributed by atoms with Crippen LogP contribution in [0.5, 0.6) is 0 Å². The molecule has 2 aromatic carbocycles. The van der Waals surface area contributed by atoms with E-state index in [9.17, 15) is 14.3 Å². The highest BCUT2D eigenvalue weighted by molar-refractivity contribution is 5.86. The van der Waals surface area contributed by atoms with Crippen molar-refractivity contribution >= 4 is 5.97 Å². The fourth-order valence-corrected chi connectivity index (χ4v) is 3.11. The zero-order valence-electron chi connectivity index (χ0n) is 15.9. The minimum absolute atomic E-state index is 0.222. The lowest BCUT2D eigenvalue weighted by molar-refractivity contribution is -0.134. The molecule has 0 fully saturated rings. The first-order valence-corrected chi connectivity index (χ1v) is 9.18. The average molecular weight is 367 g/mol. The maximum absolute atomic E-state index is 13.3. The lowest BCUT2D eigenvalue weighted by Gasteiger charge is -2.30. The Morgan fingerprint density at radius 2 is 1.89 bits per heavy atom. The first-order valence-electron chi connectivity index (χ1n) is 9.18. The van der Waals surface area contributed by atoms with E-state index in [0.717, 1.165) is 29.5 Å². The number of aliphatic carboxylic acids is 1. The zero-order chi connectivity index (χ0) is 19.8. The highest BCUT2D eigenvalue weighted by Crippen LogP contribution is 2.33. The van der Waals surface area contributed by atoms with Gasteiger partial charge in [0.15, 0.2) is 0 Å². The molecular formula is C23H26FNO2. The molecule has 1 N–H and O–H groups in total. The quantitative estimate of drug-likeness (QED) is 0.426. The summed E-state index contributed by atoms with van der Waals surface area (Å²) in [6.45, 7) is 7.84. The van der Waals surface area contributed by atoms with Crippen molar-refractivity contribution in [3.8, 4) is 11.1 Å². The molecule has 3 nitrogen and oxygen atoms in total. The normalized spacial score (nSPS) is 12.5. The molecule has 0 radical (unpaired) electrons. The fraction of sp³-hybridized carbons (Fsp3) is 0.261. The summed E-state index contributed by atoms with van der Waals surface area (Å²) < 4.78 is 13.3. The number of nitrogens with zero attached hydrogens (tertiary/aromatic N) is 1. The highest BCUT2D eigenvalue weighted by Gasteiger charge is 2.23. The molecule has 0 saturated carbocycles. The van der Waals surface area contributed by atoms with Crippen LogP contribution < -0.4 is 0 Å². The van der Waals surface area contributed by atoms with E-state index in [1.54, 1.807) is 29.3 Å². The number of unbranched alkanes of at least 4 members (excludes halogenated alkanes) is 2. The van der Waals surface area contributed by atoms with Gasteiger partial charge in [0.25, 0.3) is 0 Å². The van der Waals surface area contributed by atoms with Crippen LogP contribution in [0.2, 0.25) is 0 Å². The summed E-state index contributed by atoms with van der Waals surface area (Å²) in [5, 5.41) is 9.69. The van der Waals surface area contributed by atoms with Gasteiger partial charge in [0.05, 0.1) is 6.04 Å². The third-order valence-corrected chi connectivity index (χ3v) is 4.57. The van der Waals surface area contributed by atoms with Gasteiger partial charge < -0.3 is 10.0 Å². The molecule has 0 aliphatic heterocycles. The fourth-order valence-electron chi connectivity index (χ4n) is 3.11. The van der Waals surface area contributed by atoms with Crippen LogP contribution in [0.25, 0.3) is 11.1 Å². The van der Waals surface area contributed by atoms with E-state index in [1.807, 2.05) is 31.2 Å². The van der Waals surface area contributed by atoms with Crippen LogP contribution in [0.4, 0.5) is 4.39 Å². The molecule has 0 bridgehead atoms. The van der Waals surface area contributed by atoms with Gasteiger partial charge in [-0.25, -0.2) is 9.18 Å². The lowest BCUT2D eigenvalue weighted by Crippen LogP contribution is -2.26. The van der Waals surface area contributed by atoms with E-state index in [1.165, 1.54) is 12.1 Å². The van der Waals surface area contributed by atoms with Gasteiger partial charge >= 0.3 is 5.97 Å². The SMILES string of the molecule is C=CN(C(=CCCCC)C(=O)O)C(C)c1ccccc1-c1ccc(F)cc1. The summed E-state index contributed by atoms with van der Waals surface area (Å²) in [4.78, 5) is 13.5. The van der Waals surface area contributed by atoms with E-state index in [2.05, 4.69) is 13.5 Å². The summed E-state index contributed by atoms with van der Waals surface area (Å²) in [6, 6.07) is 13.8. The maximum Gasteiger partial charge on any atom is 0.352 e. The molecule has 2 aromatic rings. The Hall–Kier alpha value is -2.88. The number of carbonyl (C=O) groups is 1. The molecule has 1 unspecified atom stereocenters. The van der Waals surface area contributed by atoms with E-state index in [4.69, 9.17) is 0 Å². The van der Waals surface area contributed by atoms with Crippen molar-refractivity contribution in [1.82, 2.24) is 4.90 Å². The third-order valence-electron chi connectivity index (χ3n) is 4.57. The van der Waals surface area contributed by atoms with Gasteiger partial charge in [-0.2, -0.15) is 0 Å². The molecule has 0 aromatic heterocycles. The molecular weight excluding hydrogens is 341 g/mol. The summed E-state index contributed by atoms with van der Waals surface area (Å²) in [7, 11) is 0. The number of benzene rings is 2. The van der Waals surface area contributed by atoms with Gasteiger partial charge in [0, 0.05) is 0 Å². The van der Waals surface area contributed by atoms with Crippen molar-refractivity contribution in [1.29, 1.82) is 0 Å². The minimum atomic E-state index is -0.975. The molecule has 0 saturated heterocycles. The number of carboxylic acid groups (broad SMARTS) is 1. The molecule has 27 heavy (non-hydrogen) atoms. The minimum Gasteiger partial charge on any atom is -0.477 e. The van der Waals surface area contributed by atoms with Crippen LogP contribution in [-0.2, 0) is 4.79 Å². The molecule has 0 aliphatic carbocycles. The second-order valence-corrected chi connectivity index (χ2v) is 6.40. The first-order chi connectivity index (χ1) is 13.0. The number of halogens is 1. The topological polar surface area (TPSA) is 40.5 Å². The van der Waals surface area contributed by atoms with Crippen LogP contribution in [0.3, 0.4) is 0 Å². The highest BCUT2D eigenvalue weighted by atomic mass is 19.1. The monoisotopic (exact) mass is 367 g/mol. The van der Waals surface area contributed by atoms with Crippen molar-refractivity contribution in [2.45, 2.75) is 39.2 Å². The predicted molar refractivity (Wildman–Crippen MR) is 108 cm³/mol. The van der Waals surface area contributed by atoms with Crippen molar-refractivity contribution in [2.24, 2.45) is 0 Å². The van der Waals surface area contributed by atoms with Crippen LogP contribution in [0.1, 0.15) is 44.7 Å². The molecule has 0 aliphatic rings. The predicted octanol–water partition coefficient (Wildman–Crippen LogP) is 6.16. The summed E-state index contributed by atoms with van der Waals surface area (Å²) in [6.07, 6.45) is 5.94. The van der Waals surface area contributed by atoms with E-state index < -0.39 is 5.97 Å². The second kappa shape index (κ2) is 9.72.